The molecule has 0 saturated heterocycles. The summed E-state index contributed by atoms with van der Waals surface area (Å²) in [7, 11) is 1.34. The van der Waals surface area contributed by atoms with E-state index in [2.05, 4.69) is 10.6 Å². The van der Waals surface area contributed by atoms with Gasteiger partial charge in [0.25, 0.3) is 0 Å². The summed E-state index contributed by atoms with van der Waals surface area (Å²) in [5, 5.41) is 16.9. The van der Waals surface area contributed by atoms with Crippen LogP contribution in [0.25, 0.3) is 6.08 Å². The molecule has 9 heteroatoms. The lowest BCUT2D eigenvalue weighted by molar-refractivity contribution is -0.256. The van der Waals surface area contributed by atoms with E-state index in [4.69, 9.17) is 4.74 Å². The van der Waals surface area contributed by atoms with E-state index in [9.17, 15) is 22.7 Å². The Morgan fingerprint density at radius 3 is 2.68 bits per heavy atom. The van der Waals surface area contributed by atoms with E-state index in [1.54, 1.807) is 31.2 Å². The molecule has 0 bridgehead atoms. The number of nitrogens with one attached hydrogen (secondary N) is 2. The quantitative estimate of drug-likeness (QED) is 0.460. The van der Waals surface area contributed by atoms with Crippen molar-refractivity contribution in [3.63, 3.8) is 0 Å². The number of hydrogen-bond acceptors (Lipinski definition) is 5. The molecular weight excluding hydrogens is 432 g/mol. The molecule has 0 spiro atoms. The molecule has 0 unspecified atom stereocenters. The lowest BCUT2D eigenvalue weighted by atomic mass is 9.88. The Hall–Kier alpha value is -2.39. The predicted octanol–water partition coefficient (Wildman–Crippen LogP) is 5.47. The maximum atomic E-state index is 14.9. The maximum Gasteiger partial charge on any atom is 0.420 e. The van der Waals surface area contributed by atoms with Crippen molar-refractivity contribution in [1.82, 2.24) is 0 Å². The number of ether oxygens (including phenoxy) is 1. The topological polar surface area (TPSA) is 53.5 Å². The lowest BCUT2D eigenvalue weighted by Gasteiger charge is -2.39. The van der Waals surface area contributed by atoms with Crippen LogP contribution in [0.3, 0.4) is 0 Å². The molecule has 1 heterocycles. The van der Waals surface area contributed by atoms with Crippen LogP contribution in [0.2, 0.25) is 0 Å². The molecule has 0 amide bonds. The van der Waals surface area contributed by atoms with Crippen molar-refractivity contribution in [3.8, 4) is 5.75 Å². The molecule has 0 fully saturated rings. The third-order valence-corrected chi connectivity index (χ3v) is 6.17. The van der Waals surface area contributed by atoms with Gasteiger partial charge in [0.1, 0.15) is 11.6 Å². The Morgan fingerprint density at radius 2 is 2.03 bits per heavy atom. The molecule has 3 N–H and O–H groups in total. The average Bonchev–Trinajstić information content (AvgIpc) is 2.75. The SMILES string of the molecule is CCSC[C@@](O)([C@@H](Nc1cccc2c1C=CCN2)c1ccc(OC)cc1F)C(F)(F)F. The van der Waals surface area contributed by atoms with Gasteiger partial charge in [-0.05, 0) is 24.0 Å². The molecule has 4 nitrogen and oxygen atoms in total. The third-order valence-electron chi connectivity index (χ3n) is 5.11. The second-order valence-electron chi connectivity index (χ2n) is 7.07. The Labute approximate surface area is 182 Å². The number of alkyl halides is 3. The minimum Gasteiger partial charge on any atom is -0.497 e. The molecule has 0 aromatic heterocycles. The summed E-state index contributed by atoms with van der Waals surface area (Å²) < 4.78 is 62.5. The van der Waals surface area contributed by atoms with Gasteiger partial charge in [-0.2, -0.15) is 24.9 Å². The minimum absolute atomic E-state index is 0.169. The number of halogens is 4. The Balaban J connectivity index is 2.14. The van der Waals surface area contributed by atoms with Crippen molar-refractivity contribution in [2.75, 3.05) is 35.8 Å². The zero-order valence-electron chi connectivity index (χ0n) is 17.1. The smallest absolute Gasteiger partial charge is 0.420 e. The Morgan fingerprint density at radius 1 is 1.26 bits per heavy atom. The highest BCUT2D eigenvalue weighted by Crippen LogP contribution is 2.45. The van der Waals surface area contributed by atoms with Crippen LogP contribution in [-0.2, 0) is 0 Å². The van der Waals surface area contributed by atoms with Crippen LogP contribution in [0, 0.1) is 5.82 Å². The molecule has 0 saturated carbocycles. The molecule has 2 aromatic carbocycles. The first-order valence-electron chi connectivity index (χ1n) is 9.71. The van der Waals surface area contributed by atoms with Crippen molar-refractivity contribution in [2.45, 2.75) is 24.7 Å². The number of fused-ring (bicyclic) bond motifs is 1. The fraction of sp³-hybridized carbons (Fsp3) is 0.364. The highest BCUT2D eigenvalue weighted by atomic mass is 32.2. The van der Waals surface area contributed by atoms with Gasteiger partial charge in [-0.1, -0.05) is 31.2 Å². The fourth-order valence-corrected chi connectivity index (χ4v) is 4.28. The van der Waals surface area contributed by atoms with E-state index in [1.807, 2.05) is 6.08 Å². The molecule has 1 aliphatic rings. The first-order chi connectivity index (χ1) is 14.7. The molecule has 0 aliphatic carbocycles. The first-order valence-corrected chi connectivity index (χ1v) is 10.9. The number of benzene rings is 2. The zero-order chi connectivity index (χ0) is 22.6. The molecule has 2 atom stereocenters. The number of hydrogen-bond donors (Lipinski definition) is 3. The van der Waals surface area contributed by atoms with Gasteiger partial charge in [-0.3, -0.25) is 0 Å². The largest absolute Gasteiger partial charge is 0.497 e. The second-order valence-corrected chi connectivity index (χ2v) is 8.35. The van der Waals surface area contributed by atoms with Gasteiger partial charge in [0.2, 0.25) is 0 Å². The van der Waals surface area contributed by atoms with Gasteiger partial charge < -0.3 is 20.5 Å². The van der Waals surface area contributed by atoms with Crippen molar-refractivity contribution < 1.29 is 27.4 Å². The number of aliphatic hydroxyl groups is 1. The molecule has 2 aromatic rings. The third kappa shape index (κ3) is 4.77. The highest BCUT2D eigenvalue weighted by Gasteiger charge is 2.59. The zero-order valence-corrected chi connectivity index (χ0v) is 17.9. The summed E-state index contributed by atoms with van der Waals surface area (Å²) in [6.07, 6.45) is -1.40. The van der Waals surface area contributed by atoms with Crippen LogP contribution in [0.1, 0.15) is 24.1 Å². The standard InChI is InChI=1S/C22H24F4N2O2S/c1-3-31-13-21(29,22(24,25)26)20(15-10-9-14(30-2)12-17(15)23)28-19-8-4-7-18-16(19)6-5-11-27-18/h4-10,12,20,27-29H,3,11,13H2,1-2H3/t20-,21+/m0/s1. The number of rotatable bonds is 8. The van der Waals surface area contributed by atoms with Crippen LogP contribution in [0.15, 0.2) is 42.5 Å². The van der Waals surface area contributed by atoms with Crippen LogP contribution in [0.4, 0.5) is 28.9 Å². The van der Waals surface area contributed by atoms with Gasteiger partial charge >= 0.3 is 6.18 Å². The molecule has 31 heavy (non-hydrogen) atoms. The summed E-state index contributed by atoms with van der Waals surface area (Å²) in [5.41, 5.74) is -1.80. The van der Waals surface area contributed by atoms with Crippen LogP contribution < -0.4 is 15.4 Å². The van der Waals surface area contributed by atoms with E-state index in [-0.39, 0.29) is 11.3 Å². The minimum atomic E-state index is -5.01. The van der Waals surface area contributed by atoms with E-state index in [0.29, 0.717) is 23.5 Å². The Bertz CT molecular complexity index is 952. The maximum absolute atomic E-state index is 14.9. The molecule has 168 valence electrons. The monoisotopic (exact) mass is 456 g/mol. The van der Waals surface area contributed by atoms with Crippen molar-refractivity contribution in [3.05, 3.63) is 59.4 Å². The normalized spacial score (nSPS) is 16.1. The van der Waals surface area contributed by atoms with Crippen molar-refractivity contribution >= 4 is 29.2 Å². The van der Waals surface area contributed by atoms with Gasteiger partial charge in [0.15, 0.2) is 5.60 Å². The summed E-state index contributed by atoms with van der Waals surface area (Å²) in [5.74, 6) is -1.02. The summed E-state index contributed by atoms with van der Waals surface area (Å²) in [6, 6.07) is 6.89. The molecule has 0 radical (unpaired) electrons. The average molecular weight is 457 g/mol. The first kappa shape index (κ1) is 23.3. The molecule has 1 aliphatic heterocycles. The van der Waals surface area contributed by atoms with E-state index >= 15 is 0 Å². The number of anilines is 2. The van der Waals surface area contributed by atoms with E-state index < -0.39 is 29.4 Å². The van der Waals surface area contributed by atoms with Gasteiger partial charge in [-0.15, -0.1) is 0 Å². The summed E-state index contributed by atoms with van der Waals surface area (Å²) in [6.45, 7) is 2.29. The van der Waals surface area contributed by atoms with E-state index in [0.717, 1.165) is 23.5 Å². The van der Waals surface area contributed by atoms with E-state index in [1.165, 1.54) is 19.2 Å². The summed E-state index contributed by atoms with van der Waals surface area (Å²) in [4.78, 5) is 0. The van der Waals surface area contributed by atoms with Crippen LogP contribution >= 0.6 is 11.8 Å². The lowest BCUT2D eigenvalue weighted by Crippen LogP contribution is -2.55. The van der Waals surface area contributed by atoms with Gasteiger partial charge in [0, 0.05) is 40.9 Å². The van der Waals surface area contributed by atoms with Gasteiger partial charge in [-0.25, -0.2) is 4.39 Å². The Kier molecular flexibility index (Phi) is 7.06. The summed E-state index contributed by atoms with van der Waals surface area (Å²) >= 11 is 0.934. The van der Waals surface area contributed by atoms with Gasteiger partial charge in [0.05, 0.1) is 13.2 Å². The molecule has 3 rings (SSSR count). The number of thioether (sulfide) groups is 1. The fourth-order valence-electron chi connectivity index (χ4n) is 3.44. The number of methoxy groups -OCH3 is 1. The molecular formula is C22H24F4N2O2S. The van der Waals surface area contributed by atoms with Crippen molar-refractivity contribution in [1.29, 1.82) is 0 Å². The second kappa shape index (κ2) is 9.40. The highest BCUT2D eigenvalue weighted by molar-refractivity contribution is 7.99. The van der Waals surface area contributed by atoms with Crippen molar-refractivity contribution in [2.24, 2.45) is 0 Å². The van der Waals surface area contributed by atoms with Crippen LogP contribution in [0.5, 0.6) is 5.75 Å². The predicted molar refractivity (Wildman–Crippen MR) is 117 cm³/mol. The van der Waals surface area contributed by atoms with Crippen LogP contribution in [-0.4, -0.2) is 42.0 Å².